The first-order valence-electron chi connectivity index (χ1n) is 13.5. The molecule has 206 valence electrons. The lowest BCUT2D eigenvalue weighted by Gasteiger charge is -2.22. The second-order valence-corrected chi connectivity index (χ2v) is 13.7. The third-order valence-corrected chi connectivity index (χ3v) is 8.63. The fourth-order valence-electron chi connectivity index (χ4n) is 3.56. The maximum atomic E-state index is 12.6. The van der Waals surface area contributed by atoms with Crippen LogP contribution in [0.4, 0.5) is 0 Å². The molecule has 36 heavy (non-hydrogen) atoms. The quantitative estimate of drug-likeness (QED) is 0.0718. The van der Waals surface area contributed by atoms with Crippen LogP contribution in [0, 0.1) is 0 Å². The number of carbonyl (C=O) groups excluding carboxylic acids is 1. The molecule has 7 nitrogen and oxygen atoms in total. The molecule has 10 heteroatoms. The van der Waals surface area contributed by atoms with E-state index in [1.165, 1.54) is 76.0 Å². The number of thioether (sulfide) groups is 2. The normalized spacial score (nSPS) is 15.2. The van der Waals surface area contributed by atoms with E-state index in [9.17, 15) is 4.79 Å². The number of ether oxygens (including phenoxy) is 3. The van der Waals surface area contributed by atoms with Gasteiger partial charge in [0.15, 0.2) is 0 Å². The summed E-state index contributed by atoms with van der Waals surface area (Å²) in [5.74, 6) is 0.789. The summed E-state index contributed by atoms with van der Waals surface area (Å²) in [6, 6.07) is 0. The number of rotatable bonds is 21. The van der Waals surface area contributed by atoms with Crippen LogP contribution in [0.25, 0.3) is 0 Å². The summed E-state index contributed by atoms with van der Waals surface area (Å²) < 4.78 is 18.0. The van der Waals surface area contributed by atoms with Crippen LogP contribution in [0.15, 0.2) is 6.20 Å². The first-order chi connectivity index (χ1) is 17.4. The van der Waals surface area contributed by atoms with Crippen LogP contribution in [-0.4, -0.2) is 60.9 Å². The Bertz CT molecular complexity index is 757. The van der Waals surface area contributed by atoms with Gasteiger partial charge in [-0.2, -0.15) is 0 Å². The zero-order chi connectivity index (χ0) is 26.1. The van der Waals surface area contributed by atoms with Gasteiger partial charge in [0, 0.05) is 13.0 Å². The molecular weight excluding hydrogens is 515 g/mol. The van der Waals surface area contributed by atoms with Crippen molar-refractivity contribution >= 4 is 45.2 Å². The highest BCUT2D eigenvalue weighted by Crippen LogP contribution is 2.32. The van der Waals surface area contributed by atoms with E-state index in [1.54, 1.807) is 16.4 Å². The van der Waals surface area contributed by atoms with Gasteiger partial charge in [0.2, 0.25) is 0 Å². The van der Waals surface area contributed by atoms with Crippen LogP contribution in [-0.2, 0) is 32.2 Å². The van der Waals surface area contributed by atoms with Gasteiger partial charge in [0.25, 0.3) is 0 Å². The van der Waals surface area contributed by atoms with Crippen molar-refractivity contribution in [1.29, 1.82) is 0 Å². The SMILES string of the molecule is CCCCCCCCCCCCSC(=S)SC(C)(C)C(=O)OCCCn1cc(COCC2CO2)nn1. The highest BCUT2D eigenvalue weighted by Gasteiger charge is 2.31. The molecule has 0 N–H and O–H groups in total. The summed E-state index contributed by atoms with van der Waals surface area (Å²) in [5, 5.41) is 8.19. The lowest BCUT2D eigenvalue weighted by Crippen LogP contribution is -2.31. The van der Waals surface area contributed by atoms with Crippen molar-refractivity contribution in [1.82, 2.24) is 15.0 Å². The molecule has 1 unspecified atom stereocenters. The lowest BCUT2D eigenvalue weighted by atomic mass is 10.1. The van der Waals surface area contributed by atoms with E-state index in [0.717, 1.165) is 21.6 Å². The van der Waals surface area contributed by atoms with E-state index >= 15 is 0 Å². The van der Waals surface area contributed by atoms with E-state index in [0.29, 0.717) is 32.8 Å². The van der Waals surface area contributed by atoms with Crippen molar-refractivity contribution in [2.24, 2.45) is 0 Å². The van der Waals surface area contributed by atoms with Crippen LogP contribution >= 0.6 is 35.7 Å². The Balaban J connectivity index is 1.47. The van der Waals surface area contributed by atoms with E-state index in [4.69, 9.17) is 26.4 Å². The monoisotopic (exact) mass is 559 g/mol. The number of nitrogens with zero attached hydrogens (tertiary/aromatic N) is 3. The highest BCUT2D eigenvalue weighted by molar-refractivity contribution is 8.47. The Morgan fingerprint density at radius 3 is 2.47 bits per heavy atom. The van der Waals surface area contributed by atoms with Crippen LogP contribution in [0.3, 0.4) is 0 Å². The average Bonchev–Trinajstić information content (AvgIpc) is 3.56. The van der Waals surface area contributed by atoms with Gasteiger partial charge in [-0.3, -0.25) is 9.48 Å². The number of thiocarbonyl (C=S) groups is 1. The average molecular weight is 560 g/mol. The largest absolute Gasteiger partial charge is 0.465 e. The van der Waals surface area contributed by atoms with E-state index in [1.807, 2.05) is 20.0 Å². The Labute approximate surface area is 231 Å². The van der Waals surface area contributed by atoms with E-state index in [-0.39, 0.29) is 12.1 Å². The lowest BCUT2D eigenvalue weighted by molar-refractivity contribution is -0.145. The Hall–Kier alpha value is -0.680. The summed E-state index contributed by atoms with van der Waals surface area (Å²) in [6.45, 7) is 8.80. The van der Waals surface area contributed by atoms with Crippen molar-refractivity contribution in [2.45, 2.75) is 115 Å². The maximum absolute atomic E-state index is 12.6. The highest BCUT2D eigenvalue weighted by atomic mass is 32.2. The molecule has 0 amide bonds. The molecule has 0 aliphatic carbocycles. The van der Waals surface area contributed by atoms with E-state index < -0.39 is 4.75 Å². The number of carbonyl (C=O) groups is 1. The van der Waals surface area contributed by atoms with Gasteiger partial charge in [0.05, 0.1) is 32.6 Å². The number of aromatic nitrogens is 3. The predicted molar refractivity (Wildman–Crippen MR) is 154 cm³/mol. The molecule has 0 aromatic carbocycles. The second kappa shape index (κ2) is 18.6. The van der Waals surface area contributed by atoms with Crippen molar-refractivity contribution < 1.29 is 19.0 Å². The number of epoxide rings is 1. The van der Waals surface area contributed by atoms with Gasteiger partial charge in [-0.25, -0.2) is 0 Å². The van der Waals surface area contributed by atoms with Crippen molar-refractivity contribution in [2.75, 3.05) is 25.6 Å². The van der Waals surface area contributed by atoms with Crippen LogP contribution in [0.2, 0.25) is 0 Å². The first-order valence-corrected chi connectivity index (χ1v) is 15.7. The molecule has 2 rings (SSSR count). The smallest absolute Gasteiger partial charge is 0.322 e. The molecule has 0 radical (unpaired) electrons. The Kier molecular flexibility index (Phi) is 16.3. The molecule has 1 aromatic rings. The molecule has 1 aliphatic heterocycles. The van der Waals surface area contributed by atoms with Gasteiger partial charge in [0.1, 0.15) is 20.1 Å². The summed E-state index contributed by atoms with van der Waals surface area (Å²) >= 11 is 8.64. The molecule has 1 fully saturated rings. The molecule has 1 saturated heterocycles. The molecule has 1 aliphatic rings. The molecule has 1 aromatic heterocycles. The second-order valence-electron chi connectivity index (χ2n) is 9.83. The fraction of sp³-hybridized carbons (Fsp3) is 0.846. The minimum atomic E-state index is -0.690. The number of esters is 1. The molecule has 0 spiro atoms. The number of aryl methyl sites for hydroxylation is 1. The van der Waals surface area contributed by atoms with Gasteiger partial charge in [-0.15, -0.1) is 16.9 Å². The first kappa shape index (κ1) is 31.5. The number of hydrogen-bond donors (Lipinski definition) is 0. The van der Waals surface area contributed by atoms with Gasteiger partial charge >= 0.3 is 5.97 Å². The summed E-state index contributed by atoms with van der Waals surface area (Å²) in [6.07, 6.45) is 16.1. The van der Waals surface area contributed by atoms with Crippen LogP contribution < -0.4 is 0 Å². The molecule has 1 atom stereocenters. The zero-order valence-corrected chi connectivity index (χ0v) is 24.8. The van der Waals surface area contributed by atoms with Crippen LogP contribution in [0.5, 0.6) is 0 Å². The van der Waals surface area contributed by atoms with Crippen LogP contribution in [0.1, 0.15) is 97.1 Å². The van der Waals surface area contributed by atoms with Gasteiger partial charge in [-0.05, 0) is 26.0 Å². The minimum Gasteiger partial charge on any atom is -0.465 e. The van der Waals surface area contributed by atoms with E-state index in [2.05, 4.69) is 17.2 Å². The molecular formula is C26H45N3O4S3. The number of hydrogen-bond acceptors (Lipinski definition) is 9. The Morgan fingerprint density at radius 2 is 1.81 bits per heavy atom. The van der Waals surface area contributed by atoms with Gasteiger partial charge < -0.3 is 14.2 Å². The molecule has 0 saturated carbocycles. The predicted octanol–water partition coefficient (Wildman–Crippen LogP) is 6.58. The van der Waals surface area contributed by atoms with Crippen molar-refractivity contribution in [3.05, 3.63) is 11.9 Å². The number of unbranched alkanes of at least 4 members (excludes halogenated alkanes) is 9. The maximum Gasteiger partial charge on any atom is 0.322 e. The minimum absolute atomic E-state index is 0.232. The zero-order valence-electron chi connectivity index (χ0n) is 22.4. The topological polar surface area (TPSA) is 78.8 Å². The third kappa shape index (κ3) is 14.9. The fourth-order valence-corrected chi connectivity index (χ4v) is 6.62. The molecule has 2 heterocycles. The third-order valence-electron chi connectivity index (χ3n) is 5.85. The van der Waals surface area contributed by atoms with Gasteiger partial charge in [-0.1, -0.05) is 93.9 Å². The summed E-state index contributed by atoms with van der Waals surface area (Å²) in [4.78, 5) is 12.6. The Morgan fingerprint density at radius 1 is 1.14 bits per heavy atom. The van der Waals surface area contributed by atoms with Crippen molar-refractivity contribution in [3.8, 4) is 0 Å². The summed E-state index contributed by atoms with van der Waals surface area (Å²) in [7, 11) is 0. The molecule has 0 bridgehead atoms. The van der Waals surface area contributed by atoms with Crippen molar-refractivity contribution in [3.63, 3.8) is 0 Å². The standard InChI is InChI=1S/C26H45N3O4S3/c1-4-5-6-7-8-9-10-11-12-13-17-35-25(34)36-26(2,3)24(30)32-16-14-15-29-18-22(27-28-29)19-31-20-23-21-33-23/h18,23H,4-17,19-21H2,1-3H3. The summed E-state index contributed by atoms with van der Waals surface area (Å²) in [5.41, 5.74) is 0.786.